The fraction of sp³-hybridized carbons (Fsp3) is 0.500. The Morgan fingerprint density at radius 2 is 1.92 bits per heavy atom. The van der Waals surface area contributed by atoms with Crippen molar-refractivity contribution in [3.63, 3.8) is 0 Å². The highest BCUT2D eigenvalue weighted by molar-refractivity contribution is 5.79. The van der Waals surface area contributed by atoms with Gasteiger partial charge in [0, 0.05) is 38.4 Å². The Morgan fingerprint density at radius 3 is 2.64 bits per heavy atom. The molecule has 2 aliphatic heterocycles. The summed E-state index contributed by atoms with van der Waals surface area (Å²) in [6.07, 6.45) is 6.74. The van der Waals surface area contributed by atoms with Gasteiger partial charge in [0.25, 0.3) is 0 Å². The topological polar surface area (TPSA) is 41.4 Å². The molecule has 4 rings (SSSR count). The molecule has 1 saturated heterocycles. The summed E-state index contributed by atoms with van der Waals surface area (Å²) >= 11 is 0. The summed E-state index contributed by atoms with van der Waals surface area (Å²) in [5.41, 5.74) is 2.71. The number of carbonyl (C=O) groups excluding carboxylic acids is 1. The summed E-state index contributed by atoms with van der Waals surface area (Å²) < 4.78 is 2.07. The van der Waals surface area contributed by atoms with Crippen LogP contribution in [0.3, 0.4) is 0 Å². The van der Waals surface area contributed by atoms with Crippen LogP contribution in [0, 0.1) is 5.92 Å². The summed E-state index contributed by atoms with van der Waals surface area (Å²) in [7, 11) is 2.03. The van der Waals surface area contributed by atoms with E-state index in [4.69, 9.17) is 0 Å². The zero-order chi connectivity index (χ0) is 17.2. The smallest absolute Gasteiger partial charge is 0.226 e. The maximum Gasteiger partial charge on any atom is 0.226 e. The third kappa shape index (κ3) is 3.47. The van der Waals surface area contributed by atoms with Gasteiger partial charge < -0.3 is 9.47 Å². The van der Waals surface area contributed by atoms with Gasteiger partial charge >= 0.3 is 0 Å². The number of amides is 1. The van der Waals surface area contributed by atoms with Gasteiger partial charge in [-0.3, -0.25) is 9.69 Å². The second-order valence-corrected chi connectivity index (χ2v) is 7.28. The fourth-order valence-corrected chi connectivity index (χ4v) is 4.03. The number of aryl methyl sites for hydroxylation is 1. The van der Waals surface area contributed by atoms with E-state index in [-0.39, 0.29) is 5.92 Å². The van der Waals surface area contributed by atoms with Crippen molar-refractivity contribution in [3.05, 3.63) is 53.6 Å². The van der Waals surface area contributed by atoms with E-state index in [0.717, 1.165) is 57.8 Å². The molecule has 1 amide bonds. The van der Waals surface area contributed by atoms with E-state index in [1.807, 2.05) is 19.4 Å². The highest BCUT2D eigenvalue weighted by atomic mass is 16.2. The first-order valence-corrected chi connectivity index (χ1v) is 9.25. The number of carbonyl (C=O) groups is 1. The van der Waals surface area contributed by atoms with Crippen LogP contribution in [0.15, 0.2) is 36.7 Å². The lowest BCUT2D eigenvalue weighted by Crippen LogP contribution is -2.44. The molecule has 0 radical (unpaired) electrons. The van der Waals surface area contributed by atoms with Crippen molar-refractivity contribution < 1.29 is 4.79 Å². The second-order valence-electron chi connectivity index (χ2n) is 7.28. The number of hydrogen-bond acceptors (Lipinski definition) is 3. The molecule has 2 aliphatic rings. The maximum atomic E-state index is 12.9. The molecule has 1 aromatic carbocycles. The number of aromatic nitrogens is 2. The molecule has 0 N–H and O–H groups in total. The number of hydrogen-bond donors (Lipinski definition) is 0. The second kappa shape index (κ2) is 7.00. The lowest BCUT2D eigenvalue weighted by atomic mass is 9.93. The third-order valence-electron chi connectivity index (χ3n) is 5.67. The molecule has 5 nitrogen and oxygen atoms in total. The molecule has 3 heterocycles. The number of imidazole rings is 1. The van der Waals surface area contributed by atoms with Crippen LogP contribution in [0.5, 0.6) is 0 Å². The Hall–Kier alpha value is -2.14. The van der Waals surface area contributed by atoms with Crippen molar-refractivity contribution in [2.24, 2.45) is 13.0 Å². The lowest BCUT2D eigenvalue weighted by Gasteiger charge is -2.36. The Morgan fingerprint density at radius 1 is 1.16 bits per heavy atom. The van der Waals surface area contributed by atoms with Crippen molar-refractivity contribution in [1.82, 2.24) is 19.4 Å². The molecule has 2 aromatic rings. The first-order valence-electron chi connectivity index (χ1n) is 9.25. The predicted molar refractivity (Wildman–Crippen MR) is 96.8 cm³/mol. The van der Waals surface area contributed by atoms with E-state index < -0.39 is 0 Å². The number of fused-ring (bicyclic) bond motifs is 1. The molecular weight excluding hydrogens is 312 g/mol. The van der Waals surface area contributed by atoms with Gasteiger partial charge in [0.1, 0.15) is 5.82 Å². The molecule has 1 fully saturated rings. The monoisotopic (exact) mass is 338 g/mol. The van der Waals surface area contributed by atoms with Gasteiger partial charge in [-0.05, 0) is 43.5 Å². The molecular formula is C20H26N4O. The summed E-state index contributed by atoms with van der Waals surface area (Å²) in [6, 6.07) is 8.51. The Kier molecular flexibility index (Phi) is 4.57. The normalized spacial score (nSPS) is 19.0. The van der Waals surface area contributed by atoms with E-state index in [1.54, 1.807) is 0 Å². The summed E-state index contributed by atoms with van der Waals surface area (Å²) in [4.78, 5) is 21.8. The Balaban J connectivity index is 1.32. The SMILES string of the molecule is Cn1ccnc1CN1CCC(C(=O)N2CCc3ccccc3C2)CC1. The van der Waals surface area contributed by atoms with Gasteiger partial charge in [-0.25, -0.2) is 4.98 Å². The van der Waals surface area contributed by atoms with Crippen molar-refractivity contribution in [2.75, 3.05) is 19.6 Å². The molecule has 0 atom stereocenters. The van der Waals surface area contributed by atoms with Crippen molar-refractivity contribution in [3.8, 4) is 0 Å². The fourth-order valence-electron chi connectivity index (χ4n) is 4.03. The zero-order valence-corrected chi connectivity index (χ0v) is 14.9. The van der Waals surface area contributed by atoms with Crippen molar-refractivity contribution in [2.45, 2.75) is 32.4 Å². The highest BCUT2D eigenvalue weighted by Gasteiger charge is 2.30. The minimum Gasteiger partial charge on any atom is -0.338 e. The molecule has 0 spiro atoms. The van der Waals surface area contributed by atoms with E-state index >= 15 is 0 Å². The number of benzene rings is 1. The third-order valence-corrected chi connectivity index (χ3v) is 5.67. The molecule has 0 bridgehead atoms. The van der Waals surface area contributed by atoms with Gasteiger partial charge in [0.05, 0.1) is 6.54 Å². The molecule has 5 heteroatoms. The Labute approximate surface area is 149 Å². The maximum absolute atomic E-state index is 12.9. The molecule has 0 aliphatic carbocycles. The van der Waals surface area contributed by atoms with Crippen LogP contribution in [0.1, 0.15) is 29.8 Å². The van der Waals surface area contributed by atoms with Gasteiger partial charge in [0.2, 0.25) is 5.91 Å². The summed E-state index contributed by atoms with van der Waals surface area (Å²) in [5, 5.41) is 0. The van der Waals surface area contributed by atoms with Gasteiger partial charge in [-0.15, -0.1) is 0 Å². The number of piperidine rings is 1. The Bertz CT molecular complexity index is 746. The molecule has 1 aromatic heterocycles. The van der Waals surface area contributed by atoms with Crippen LogP contribution in [0.4, 0.5) is 0 Å². The van der Waals surface area contributed by atoms with Crippen LogP contribution >= 0.6 is 0 Å². The summed E-state index contributed by atoms with van der Waals surface area (Å²) in [6.45, 7) is 4.48. The molecule has 0 unspecified atom stereocenters. The molecule has 132 valence electrons. The average Bonchev–Trinajstić information content (AvgIpc) is 3.06. The minimum atomic E-state index is 0.183. The van der Waals surface area contributed by atoms with E-state index in [0.29, 0.717) is 5.91 Å². The first-order chi connectivity index (χ1) is 12.2. The van der Waals surface area contributed by atoms with Crippen molar-refractivity contribution in [1.29, 1.82) is 0 Å². The minimum absolute atomic E-state index is 0.183. The number of nitrogens with zero attached hydrogens (tertiary/aromatic N) is 4. The van der Waals surface area contributed by atoms with Gasteiger partial charge in [-0.1, -0.05) is 24.3 Å². The number of rotatable bonds is 3. The van der Waals surface area contributed by atoms with E-state index in [1.165, 1.54) is 11.1 Å². The predicted octanol–water partition coefficient (Wildman–Crippen LogP) is 2.22. The quantitative estimate of drug-likeness (QED) is 0.862. The van der Waals surface area contributed by atoms with Gasteiger partial charge in [-0.2, -0.15) is 0 Å². The highest BCUT2D eigenvalue weighted by Crippen LogP contribution is 2.25. The number of likely N-dealkylation sites (tertiary alicyclic amines) is 1. The van der Waals surface area contributed by atoms with Crippen LogP contribution in [0.25, 0.3) is 0 Å². The summed E-state index contributed by atoms with van der Waals surface area (Å²) in [5.74, 6) is 1.63. The average molecular weight is 338 g/mol. The molecule has 0 saturated carbocycles. The van der Waals surface area contributed by atoms with E-state index in [9.17, 15) is 4.79 Å². The standard InChI is InChI=1S/C20H26N4O/c1-22-13-9-21-19(22)15-23-10-6-17(7-11-23)20(25)24-12-8-16-4-2-3-5-18(16)14-24/h2-5,9,13,17H,6-8,10-12,14-15H2,1H3. The lowest BCUT2D eigenvalue weighted by molar-refractivity contribution is -0.138. The first kappa shape index (κ1) is 16.3. The van der Waals surface area contributed by atoms with Gasteiger partial charge in [0.15, 0.2) is 0 Å². The van der Waals surface area contributed by atoms with Crippen LogP contribution in [-0.2, 0) is 31.4 Å². The molecule has 25 heavy (non-hydrogen) atoms. The zero-order valence-electron chi connectivity index (χ0n) is 14.9. The van der Waals surface area contributed by atoms with E-state index in [2.05, 4.69) is 43.6 Å². The van der Waals surface area contributed by atoms with Crippen LogP contribution in [-0.4, -0.2) is 44.9 Å². The van der Waals surface area contributed by atoms with Crippen LogP contribution < -0.4 is 0 Å². The largest absolute Gasteiger partial charge is 0.338 e. The van der Waals surface area contributed by atoms with Crippen molar-refractivity contribution >= 4 is 5.91 Å². The van der Waals surface area contributed by atoms with Crippen LogP contribution in [0.2, 0.25) is 0 Å².